The van der Waals surface area contributed by atoms with Crippen molar-refractivity contribution < 1.29 is 28.9 Å². The van der Waals surface area contributed by atoms with E-state index in [0.717, 1.165) is 11.4 Å². The lowest BCUT2D eigenvalue weighted by molar-refractivity contribution is -0.138. The highest BCUT2D eigenvalue weighted by Crippen LogP contribution is 2.45. The summed E-state index contributed by atoms with van der Waals surface area (Å²) >= 11 is 0. The predicted molar refractivity (Wildman–Crippen MR) is 129 cm³/mol. The summed E-state index contributed by atoms with van der Waals surface area (Å²) in [6.07, 6.45) is -1.26. The SMILES string of the molecule is CC(C)c1nc(-c2ccccc2)nc(-c2ccc(F)cc2)c1C=CP(=O)(O)CC(O)CC(=O)O. The smallest absolute Gasteiger partial charge is 0.305 e. The minimum absolute atomic E-state index is 0.0833. The van der Waals surface area contributed by atoms with E-state index in [9.17, 15) is 23.7 Å². The molecule has 2 unspecified atom stereocenters. The molecule has 3 N–H and O–H groups in total. The third-order valence-electron chi connectivity index (χ3n) is 5.03. The number of aliphatic carboxylic acids is 1. The topological polar surface area (TPSA) is 121 Å². The van der Waals surface area contributed by atoms with Crippen molar-refractivity contribution in [3.63, 3.8) is 0 Å². The summed E-state index contributed by atoms with van der Waals surface area (Å²) < 4.78 is 26.3. The average molecular weight is 484 g/mol. The van der Waals surface area contributed by atoms with E-state index < -0.39 is 37.8 Å². The Bertz CT molecular complexity index is 1230. The molecule has 34 heavy (non-hydrogen) atoms. The van der Waals surface area contributed by atoms with Gasteiger partial charge in [0.25, 0.3) is 0 Å². The molecule has 0 aliphatic carbocycles. The summed E-state index contributed by atoms with van der Waals surface area (Å²) in [6, 6.07) is 15.1. The Kier molecular flexibility index (Phi) is 8.10. The Balaban J connectivity index is 2.14. The van der Waals surface area contributed by atoms with Crippen LogP contribution in [-0.2, 0) is 9.36 Å². The van der Waals surface area contributed by atoms with Gasteiger partial charge in [0.15, 0.2) is 5.82 Å². The Labute approximate surface area is 197 Å². The minimum atomic E-state index is -4.02. The van der Waals surface area contributed by atoms with E-state index in [1.54, 1.807) is 12.1 Å². The van der Waals surface area contributed by atoms with Crippen LogP contribution in [0.15, 0.2) is 60.4 Å². The molecule has 3 rings (SSSR count). The van der Waals surface area contributed by atoms with Gasteiger partial charge in [0, 0.05) is 22.5 Å². The number of aliphatic hydroxyl groups excluding tert-OH is 1. The number of halogens is 1. The van der Waals surface area contributed by atoms with Gasteiger partial charge in [0.2, 0.25) is 7.37 Å². The molecule has 0 aliphatic heterocycles. The fraction of sp³-hybridized carbons (Fsp3) is 0.240. The minimum Gasteiger partial charge on any atom is -0.481 e. The number of aliphatic hydroxyl groups is 1. The number of carbonyl (C=O) groups is 1. The van der Waals surface area contributed by atoms with Crippen LogP contribution in [0.2, 0.25) is 0 Å². The van der Waals surface area contributed by atoms with Gasteiger partial charge in [0.1, 0.15) is 5.82 Å². The summed E-state index contributed by atoms with van der Waals surface area (Å²) in [5.74, 6) is -0.223. The number of aromatic nitrogens is 2. The fourth-order valence-electron chi connectivity index (χ4n) is 3.46. The molecular formula is C25H26FN2O5P. The highest BCUT2D eigenvalue weighted by atomic mass is 31.2. The van der Waals surface area contributed by atoms with Crippen molar-refractivity contribution in [2.45, 2.75) is 32.3 Å². The van der Waals surface area contributed by atoms with Crippen molar-refractivity contribution >= 4 is 19.4 Å². The van der Waals surface area contributed by atoms with Gasteiger partial charge in [-0.05, 0) is 36.3 Å². The summed E-state index contributed by atoms with van der Waals surface area (Å²) in [5.41, 5.74) is 2.95. The van der Waals surface area contributed by atoms with E-state index in [1.165, 1.54) is 18.2 Å². The first-order valence-electron chi connectivity index (χ1n) is 10.7. The lowest BCUT2D eigenvalue weighted by atomic mass is 9.98. The van der Waals surface area contributed by atoms with E-state index in [2.05, 4.69) is 0 Å². The molecule has 0 bridgehead atoms. The van der Waals surface area contributed by atoms with E-state index in [4.69, 9.17) is 15.1 Å². The van der Waals surface area contributed by atoms with Gasteiger partial charge in [-0.3, -0.25) is 9.36 Å². The Morgan fingerprint density at radius 3 is 2.29 bits per heavy atom. The van der Waals surface area contributed by atoms with E-state index in [-0.39, 0.29) is 5.92 Å². The molecule has 9 heteroatoms. The first-order chi connectivity index (χ1) is 16.1. The molecule has 7 nitrogen and oxygen atoms in total. The first kappa shape index (κ1) is 25.4. The van der Waals surface area contributed by atoms with E-state index in [0.29, 0.717) is 28.3 Å². The zero-order valence-corrected chi connectivity index (χ0v) is 19.7. The largest absolute Gasteiger partial charge is 0.481 e. The van der Waals surface area contributed by atoms with Crippen LogP contribution in [-0.4, -0.2) is 43.3 Å². The third-order valence-corrected chi connectivity index (χ3v) is 6.59. The van der Waals surface area contributed by atoms with Gasteiger partial charge < -0.3 is 15.1 Å². The van der Waals surface area contributed by atoms with Crippen molar-refractivity contribution in [3.8, 4) is 22.6 Å². The average Bonchev–Trinajstić information content (AvgIpc) is 2.77. The predicted octanol–water partition coefficient (Wildman–Crippen LogP) is 5.15. The standard InChI is InChI=1S/C25H26FN2O5P/c1-16(2)23-21(12-13-34(32,33)15-20(29)14-22(30)31)24(17-8-10-19(26)11-9-17)28-25(27-23)18-6-4-3-5-7-18/h3-13,16,20,29H,14-15H2,1-2H3,(H,30,31)(H,32,33). The maximum absolute atomic E-state index is 13.6. The van der Waals surface area contributed by atoms with Crippen LogP contribution >= 0.6 is 7.37 Å². The Hall–Kier alpha value is -3.19. The number of hydrogen-bond acceptors (Lipinski definition) is 5. The number of carboxylic acid groups (broad SMARTS) is 1. The summed E-state index contributed by atoms with van der Waals surface area (Å²) in [6.45, 7) is 3.86. The second-order valence-electron chi connectivity index (χ2n) is 8.23. The molecule has 0 spiro atoms. The van der Waals surface area contributed by atoms with Crippen molar-refractivity contribution in [1.82, 2.24) is 9.97 Å². The molecule has 0 amide bonds. The van der Waals surface area contributed by atoms with E-state index >= 15 is 0 Å². The van der Waals surface area contributed by atoms with Gasteiger partial charge in [-0.25, -0.2) is 14.4 Å². The summed E-state index contributed by atoms with van der Waals surface area (Å²) in [4.78, 5) is 30.5. The lowest BCUT2D eigenvalue weighted by Crippen LogP contribution is -2.17. The molecule has 0 aliphatic rings. The van der Waals surface area contributed by atoms with E-state index in [1.807, 2.05) is 44.2 Å². The van der Waals surface area contributed by atoms with Crippen LogP contribution in [0, 0.1) is 5.82 Å². The number of benzene rings is 2. The van der Waals surface area contributed by atoms with Crippen molar-refractivity contribution in [2.24, 2.45) is 0 Å². The van der Waals surface area contributed by atoms with Gasteiger partial charge in [-0.15, -0.1) is 0 Å². The number of nitrogens with zero attached hydrogens (tertiary/aromatic N) is 2. The molecule has 0 saturated heterocycles. The van der Waals surface area contributed by atoms with Gasteiger partial charge in [-0.2, -0.15) is 0 Å². The van der Waals surface area contributed by atoms with Crippen LogP contribution in [0.1, 0.15) is 37.4 Å². The molecule has 0 radical (unpaired) electrons. The molecule has 0 fully saturated rings. The molecule has 1 aromatic heterocycles. The highest BCUT2D eigenvalue weighted by molar-refractivity contribution is 7.61. The molecule has 3 aromatic rings. The van der Waals surface area contributed by atoms with Crippen LogP contribution in [0.4, 0.5) is 4.39 Å². The lowest BCUT2D eigenvalue weighted by Gasteiger charge is -2.17. The zero-order valence-electron chi connectivity index (χ0n) is 18.8. The Morgan fingerprint density at radius 1 is 1.06 bits per heavy atom. The normalized spacial score (nSPS) is 14.3. The first-order valence-corrected chi connectivity index (χ1v) is 12.6. The Morgan fingerprint density at radius 2 is 1.71 bits per heavy atom. The van der Waals surface area contributed by atoms with Crippen molar-refractivity contribution in [2.75, 3.05) is 6.16 Å². The molecule has 1 heterocycles. The van der Waals surface area contributed by atoms with Crippen molar-refractivity contribution in [3.05, 3.63) is 77.5 Å². The molecule has 2 atom stereocenters. The monoisotopic (exact) mass is 484 g/mol. The van der Waals surface area contributed by atoms with Crippen molar-refractivity contribution in [1.29, 1.82) is 0 Å². The van der Waals surface area contributed by atoms with Gasteiger partial charge in [-0.1, -0.05) is 44.2 Å². The number of carboxylic acids is 1. The maximum Gasteiger partial charge on any atom is 0.305 e. The summed E-state index contributed by atoms with van der Waals surface area (Å²) in [7, 11) is -4.02. The molecule has 178 valence electrons. The van der Waals surface area contributed by atoms with Gasteiger partial charge in [0.05, 0.1) is 30.1 Å². The fourth-order valence-corrected chi connectivity index (χ4v) is 4.69. The molecule has 2 aromatic carbocycles. The number of rotatable bonds is 9. The second-order valence-corrected chi connectivity index (χ2v) is 10.4. The molecular weight excluding hydrogens is 458 g/mol. The van der Waals surface area contributed by atoms with Crippen LogP contribution in [0.3, 0.4) is 0 Å². The van der Waals surface area contributed by atoms with Crippen LogP contribution in [0.5, 0.6) is 0 Å². The highest BCUT2D eigenvalue weighted by Gasteiger charge is 2.23. The zero-order chi connectivity index (χ0) is 24.9. The third kappa shape index (κ3) is 6.67. The molecule has 0 saturated carbocycles. The quantitative estimate of drug-likeness (QED) is 0.359. The van der Waals surface area contributed by atoms with Gasteiger partial charge >= 0.3 is 5.97 Å². The second kappa shape index (κ2) is 10.8. The summed E-state index contributed by atoms with van der Waals surface area (Å²) in [5, 5.41) is 18.6. The number of hydrogen-bond donors (Lipinski definition) is 3. The maximum atomic E-state index is 13.6. The van der Waals surface area contributed by atoms with Crippen LogP contribution in [0.25, 0.3) is 28.7 Å². The van der Waals surface area contributed by atoms with Crippen LogP contribution < -0.4 is 0 Å².